The molecular formula is C23H18FN3O5. The van der Waals surface area contributed by atoms with Gasteiger partial charge in [0, 0.05) is 5.69 Å². The van der Waals surface area contributed by atoms with Crippen molar-refractivity contribution in [2.75, 3.05) is 12.4 Å². The number of amides is 2. The molecule has 162 valence electrons. The van der Waals surface area contributed by atoms with Crippen molar-refractivity contribution in [2.24, 2.45) is 5.10 Å². The number of carbonyl (C=O) groups is 3. The van der Waals surface area contributed by atoms with Crippen molar-refractivity contribution in [3.63, 3.8) is 0 Å². The maximum absolute atomic E-state index is 13.6. The number of nitrogens with one attached hydrogen (secondary N) is 2. The summed E-state index contributed by atoms with van der Waals surface area (Å²) in [6, 6.07) is 18.1. The van der Waals surface area contributed by atoms with E-state index >= 15 is 0 Å². The number of hydrogen-bond donors (Lipinski definition) is 2. The third kappa shape index (κ3) is 5.99. The van der Waals surface area contributed by atoms with Crippen LogP contribution in [0.1, 0.15) is 15.9 Å². The van der Waals surface area contributed by atoms with Crippen LogP contribution in [0, 0.1) is 5.82 Å². The number of halogens is 1. The van der Waals surface area contributed by atoms with Crippen LogP contribution in [0.25, 0.3) is 0 Å². The molecule has 0 radical (unpaired) electrons. The van der Waals surface area contributed by atoms with Gasteiger partial charge < -0.3 is 14.8 Å². The molecule has 0 fully saturated rings. The number of nitrogens with zero attached hydrogens (tertiary/aromatic N) is 1. The molecule has 0 aliphatic rings. The maximum atomic E-state index is 13.6. The average molecular weight is 435 g/mol. The Morgan fingerprint density at radius 2 is 1.53 bits per heavy atom. The van der Waals surface area contributed by atoms with Crippen molar-refractivity contribution in [3.8, 4) is 11.5 Å². The Kier molecular flexibility index (Phi) is 7.26. The zero-order valence-corrected chi connectivity index (χ0v) is 16.9. The molecule has 9 heteroatoms. The summed E-state index contributed by atoms with van der Waals surface area (Å²) in [4.78, 5) is 35.8. The zero-order chi connectivity index (χ0) is 22.9. The first kappa shape index (κ1) is 22.2. The monoisotopic (exact) mass is 435 g/mol. The van der Waals surface area contributed by atoms with Crippen LogP contribution < -0.4 is 20.2 Å². The molecule has 0 aliphatic heterocycles. The summed E-state index contributed by atoms with van der Waals surface area (Å²) in [5.41, 5.74) is 2.93. The highest BCUT2D eigenvalue weighted by molar-refractivity contribution is 6.39. The molecule has 0 saturated heterocycles. The van der Waals surface area contributed by atoms with Crippen LogP contribution in [0.5, 0.6) is 11.5 Å². The number of carbonyl (C=O) groups excluding carboxylic acids is 3. The largest absolute Gasteiger partial charge is 0.497 e. The summed E-state index contributed by atoms with van der Waals surface area (Å²) in [5, 5.41) is 6.15. The van der Waals surface area contributed by atoms with Gasteiger partial charge in [-0.25, -0.2) is 14.6 Å². The lowest BCUT2D eigenvalue weighted by Crippen LogP contribution is -2.32. The Labute approximate surface area is 182 Å². The molecule has 0 aromatic heterocycles. The first-order valence-corrected chi connectivity index (χ1v) is 9.31. The topological polar surface area (TPSA) is 106 Å². The maximum Gasteiger partial charge on any atom is 0.346 e. The SMILES string of the molecule is COc1ccc(NC(=O)C(=O)N/N=C/c2ccc(OC(=O)c3ccccc3F)cc2)cc1. The van der Waals surface area contributed by atoms with Gasteiger partial charge in [-0.05, 0) is 66.2 Å². The van der Waals surface area contributed by atoms with Crippen LogP contribution in [0.4, 0.5) is 10.1 Å². The lowest BCUT2D eigenvalue weighted by Gasteiger charge is -2.05. The molecule has 0 unspecified atom stereocenters. The van der Waals surface area contributed by atoms with E-state index in [0.29, 0.717) is 17.0 Å². The molecule has 0 heterocycles. The van der Waals surface area contributed by atoms with Crippen molar-refractivity contribution >= 4 is 29.7 Å². The van der Waals surface area contributed by atoms with Gasteiger partial charge in [-0.15, -0.1) is 0 Å². The van der Waals surface area contributed by atoms with E-state index in [1.807, 2.05) is 0 Å². The van der Waals surface area contributed by atoms with E-state index in [2.05, 4.69) is 15.8 Å². The van der Waals surface area contributed by atoms with Crippen molar-refractivity contribution in [2.45, 2.75) is 0 Å². The summed E-state index contributed by atoms with van der Waals surface area (Å²) in [6.45, 7) is 0. The van der Waals surface area contributed by atoms with Crippen molar-refractivity contribution in [1.29, 1.82) is 0 Å². The second kappa shape index (κ2) is 10.5. The Bertz CT molecular complexity index is 1150. The molecule has 0 bridgehead atoms. The predicted molar refractivity (Wildman–Crippen MR) is 115 cm³/mol. The fraction of sp³-hybridized carbons (Fsp3) is 0.0435. The molecule has 2 N–H and O–H groups in total. The molecular weight excluding hydrogens is 417 g/mol. The number of benzene rings is 3. The summed E-state index contributed by atoms with van der Waals surface area (Å²) in [5.74, 6) is -2.51. The highest BCUT2D eigenvalue weighted by Gasteiger charge is 2.14. The molecule has 8 nitrogen and oxygen atoms in total. The highest BCUT2D eigenvalue weighted by atomic mass is 19.1. The summed E-state index contributed by atoms with van der Waals surface area (Å²) in [7, 11) is 1.52. The summed E-state index contributed by atoms with van der Waals surface area (Å²) >= 11 is 0. The van der Waals surface area contributed by atoms with Crippen LogP contribution in [0.3, 0.4) is 0 Å². The van der Waals surface area contributed by atoms with E-state index in [-0.39, 0.29) is 11.3 Å². The van der Waals surface area contributed by atoms with Crippen molar-refractivity contribution in [1.82, 2.24) is 5.43 Å². The minimum absolute atomic E-state index is 0.172. The van der Waals surface area contributed by atoms with Gasteiger partial charge in [-0.3, -0.25) is 9.59 Å². The fourth-order valence-electron chi connectivity index (χ4n) is 2.49. The molecule has 0 aliphatic carbocycles. The Morgan fingerprint density at radius 3 is 2.19 bits per heavy atom. The third-order valence-electron chi connectivity index (χ3n) is 4.12. The lowest BCUT2D eigenvalue weighted by molar-refractivity contribution is -0.136. The number of anilines is 1. The summed E-state index contributed by atoms with van der Waals surface area (Å²) < 4.78 is 23.8. The highest BCUT2D eigenvalue weighted by Crippen LogP contribution is 2.16. The third-order valence-corrected chi connectivity index (χ3v) is 4.12. The van der Waals surface area contributed by atoms with Crippen LogP contribution in [0.2, 0.25) is 0 Å². The molecule has 0 atom stereocenters. The zero-order valence-electron chi connectivity index (χ0n) is 16.9. The molecule has 0 saturated carbocycles. The van der Waals surface area contributed by atoms with Gasteiger partial charge >= 0.3 is 17.8 Å². The number of ether oxygens (including phenoxy) is 2. The van der Waals surface area contributed by atoms with E-state index in [1.54, 1.807) is 36.4 Å². The van der Waals surface area contributed by atoms with E-state index in [1.165, 1.54) is 49.7 Å². The quantitative estimate of drug-likeness (QED) is 0.203. The van der Waals surface area contributed by atoms with Gasteiger partial charge in [0.2, 0.25) is 0 Å². The van der Waals surface area contributed by atoms with Crippen LogP contribution >= 0.6 is 0 Å². The van der Waals surface area contributed by atoms with E-state index in [9.17, 15) is 18.8 Å². The fourth-order valence-corrected chi connectivity index (χ4v) is 2.49. The first-order chi connectivity index (χ1) is 15.5. The number of esters is 1. The van der Waals surface area contributed by atoms with Gasteiger partial charge in [0.1, 0.15) is 17.3 Å². The molecule has 32 heavy (non-hydrogen) atoms. The summed E-state index contributed by atoms with van der Waals surface area (Å²) in [6.07, 6.45) is 1.31. The second-order valence-electron chi connectivity index (χ2n) is 6.32. The lowest BCUT2D eigenvalue weighted by atomic mass is 10.2. The molecule has 3 rings (SSSR count). The van der Waals surface area contributed by atoms with E-state index in [4.69, 9.17) is 9.47 Å². The molecule has 3 aromatic carbocycles. The van der Waals surface area contributed by atoms with Crippen molar-refractivity contribution in [3.05, 3.63) is 89.7 Å². The standard InChI is InChI=1S/C23H18FN3O5/c1-31-17-12-8-16(9-13-17)26-21(28)22(29)27-25-14-15-6-10-18(11-7-15)32-23(30)19-4-2-3-5-20(19)24/h2-14H,1H3,(H,26,28)(H,27,29)/b25-14+. The van der Waals surface area contributed by atoms with Gasteiger partial charge in [0.05, 0.1) is 18.9 Å². The minimum Gasteiger partial charge on any atom is -0.497 e. The number of methoxy groups -OCH3 is 1. The normalized spacial score (nSPS) is 10.4. The number of hydrazone groups is 1. The molecule has 0 spiro atoms. The number of hydrogen-bond acceptors (Lipinski definition) is 6. The average Bonchev–Trinajstić information content (AvgIpc) is 2.80. The molecule has 3 aromatic rings. The number of rotatable bonds is 6. The Balaban J connectivity index is 1.50. The minimum atomic E-state index is -0.951. The van der Waals surface area contributed by atoms with E-state index < -0.39 is 23.6 Å². The van der Waals surface area contributed by atoms with Gasteiger partial charge in [0.25, 0.3) is 0 Å². The Hall–Kier alpha value is -4.53. The van der Waals surface area contributed by atoms with Gasteiger partial charge in [-0.2, -0.15) is 5.10 Å². The van der Waals surface area contributed by atoms with Gasteiger partial charge in [0.15, 0.2) is 0 Å². The van der Waals surface area contributed by atoms with Crippen LogP contribution in [-0.2, 0) is 9.59 Å². The van der Waals surface area contributed by atoms with Crippen LogP contribution in [-0.4, -0.2) is 31.1 Å². The van der Waals surface area contributed by atoms with Gasteiger partial charge in [-0.1, -0.05) is 12.1 Å². The van der Waals surface area contributed by atoms with Crippen LogP contribution in [0.15, 0.2) is 77.9 Å². The van der Waals surface area contributed by atoms with Crippen molar-refractivity contribution < 1.29 is 28.2 Å². The second-order valence-corrected chi connectivity index (χ2v) is 6.32. The predicted octanol–water partition coefficient (Wildman–Crippen LogP) is 3.14. The smallest absolute Gasteiger partial charge is 0.346 e. The Morgan fingerprint density at radius 1 is 0.875 bits per heavy atom. The first-order valence-electron chi connectivity index (χ1n) is 9.31. The molecule has 2 amide bonds. The van der Waals surface area contributed by atoms with E-state index in [0.717, 1.165) is 0 Å².